The Kier molecular flexibility index (Phi) is 5.15. The van der Waals surface area contributed by atoms with Crippen molar-refractivity contribution < 1.29 is 17.9 Å². The monoisotopic (exact) mass is 479 g/mol. The summed E-state index contributed by atoms with van der Waals surface area (Å²) in [7, 11) is 1.54. The molecule has 5 aromatic carbocycles. The molecule has 0 saturated carbocycles. The third-order valence-electron chi connectivity index (χ3n) is 6.55. The maximum Gasteiger partial charge on any atom is 0.434 e. The fourth-order valence-corrected chi connectivity index (χ4v) is 5.07. The lowest BCUT2D eigenvalue weighted by atomic mass is 9.83. The highest BCUT2D eigenvalue weighted by atomic mass is 19.4. The van der Waals surface area contributed by atoms with E-state index in [9.17, 15) is 13.2 Å². The third-order valence-corrected chi connectivity index (χ3v) is 6.55. The standard InChI is InChI=1S/C31H20F3NO/c1-36-21-16-17-25-24(18-21)28-23-15-9-8-14-22(23)26(19-10-4-2-5-11-19)27(20-12-6-3-7-13-20)29(28)30(35-25)31(32,33)34/h2-18H,1H3. The van der Waals surface area contributed by atoms with Crippen LogP contribution in [-0.2, 0) is 6.18 Å². The molecule has 1 heterocycles. The molecule has 36 heavy (non-hydrogen) atoms. The lowest BCUT2D eigenvalue weighted by Crippen LogP contribution is -2.10. The van der Waals surface area contributed by atoms with E-state index in [-0.39, 0.29) is 10.9 Å². The molecule has 0 atom stereocenters. The van der Waals surface area contributed by atoms with E-state index in [4.69, 9.17) is 4.74 Å². The van der Waals surface area contributed by atoms with Gasteiger partial charge in [-0.25, -0.2) is 4.98 Å². The lowest BCUT2D eigenvalue weighted by molar-refractivity contribution is -0.139. The van der Waals surface area contributed by atoms with Gasteiger partial charge in [0.2, 0.25) is 0 Å². The number of rotatable bonds is 3. The predicted molar refractivity (Wildman–Crippen MR) is 139 cm³/mol. The van der Waals surface area contributed by atoms with Crippen molar-refractivity contribution in [2.75, 3.05) is 7.11 Å². The summed E-state index contributed by atoms with van der Waals surface area (Å²) in [4.78, 5) is 4.20. The van der Waals surface area contributed by atoms with Gasteiger partial charge in [0.1, 0.15) is 5.75 Å². The first kappa shape index (κ1) is 22.1. The van der Waals surface area contributed by atoms with Crippen molar-refractivity contribution in [1.82, 2.24) is 4.98 Å². The summed E-state index contributed by atoms with van der Waals surface area (Å²) in [6, 6.07) is 31.5. The second kappa shape index (κ2) is 8.38. The van der Waals surface area contributed by atoms with Crippen molar-refractivity contribution in [2.24, 2.45) is 0 Å². The highest BCUT2D eigenvalue weighted by molar-refractivity contribution is 6.28. The number of methoxy groups -OCH3 is 1. The minimum Gasteiger partial charge on any atom is -0.497 e. The molecule has 0 aliphatic carbocycles. The number of aromatic nitrogens is 1. The second-order valence-corrected chi connectivity index (χ2v) is 8.62. The highest BCUT2D eigenvalue weighted by Crippen LogP contribution is 2.49. The van der Waals surface area contributed by atoms with Crippen LogP contribution in [-0.4, -0.2) is 12.1 Å². The number of ether oxygens (including phenoxy) is 1. The van der Waals surface area contributed by atoms with Crippen LogP contribution in [0, 0.1) is 0 Å². The van der Waals surface area contributed by atoms with Crippen LogP contribution < -0.4 is 4.74 Å². The van der Waals surface area contributed by atoms with Crippen LogP contribution in [0.2, 0.25) is 0 Å². The Morgan fingerprint density at radius 3 is 1.81 bits per heavy atom. The first-order chi connectivity index (χ1) is 17.5. The summed E-state index contributed by atoms with van der Waals surface area (Å²) >= 11 is 0. The van der Waals surface area contributed by atoms with Crippen molar-refractivity contribution in [1.29, 1.82) is 0 Å². The molecule has 0 saturated heterocycles. The van der Waals surface area contributed by atoms with Crippen LogP contribution >= 0.6 is 0 Å². The second-order valence-electron chi connectivity index (χ2n) is 8.62. The summed E-state index contributed by atoms with van der Waals surface area (Å²) in [6.07, 6.45) is -4.66. The molecule has 0 spiro atoms. The van der Waals surface area contributed by atoms with Crippen LogP contribution in [0.15, 0.2) is 103 Å². The average Bonchev–Trinajstić information content (AvgIpc) is 2.91. The minimum atomic E-state index is -4.66. The Hall–Kier alpha value is -4.38. The topological polar surface area (TPSA) is 22.1 Å². The number of benzene rings is 5. The third kappa shape index (κ3) is 3.47. The van der Waals surface area contributed by atoms with Gasteiger partial charge in [-0.05, 0) is 45.7 Å². The van der Waals surface area contributed by atoms with Gasteiger partial charge in [-0.3, -0.25) is 0 Å². The molecule has 1 aromatic heterocycles. The molecule has 6 rings (SSSR count). The maximum atomic E-state index is 14.7. The summed E-state index contributed by atoms with van der Waals surface area (Å²) < 4.78 is 49.6. The molecule has 0 unspecified atom stereocenters. The number of halogens is 3. The Morgan fingerprint density at radius 1 is 0.611 bits per heavy atom. The van der Waals surface area contributed by atoms with E-state index < -0.39 is 11.9 Å². The van der Waals surface area contributed by atoms with E-state index in [2.05, 4.69) is 4.98 Å². The Balaban J connectivity index is 1.99. The van der Waals surface area contributed by atoms with Crippen molar-refractivity contribution >= 4 is 32.4 Å². The Bertz CT molecular complexity index is 1740. The van der Waals surface area contributed by atoms with Crippen molar-refractivity contribution in [3.63, 3.8) is 0 Å². The lowest BCUT2D eigenvalue weighted by Gasteiger charge is -2.22. The Morgan fingerprint density at radius 2 is 1.19 bits per heavy atom. The van der Waals surface area contributed by atoms with E-state index in [1.165, 1.54) is 0 Å². The van der Waals surface area contributed by atoms with Crippen molar-refractivity contribution in [2.45, 2.75) is 6.18 Å². The molecule has 0 fully saturated rings. The van der Waals surface area contributed by atoms with Crippen molar-refractivity contribution in [3.05, 3.63) is 109 Å². The van der Waals surface area contributed by atoms with E-state index in [0.29, 0.717) is 27.6 Å². The molecule has 0 aliphatic rings. The molecule has 176 valence electrons. The van der Waals surface area contributed by atoms with E-state index in [1.54, 1.807) is 25.3 Å². The Labute approximate surface area is 205 Å². The van der Waals surface area contributed by atoms with Crippen LogP contribution in [0.1, 0.15) is 5.69 Å². The number of pyridine rings is 1. The fraction of sp³-hybridized carbons (Fsp3) is 0.0645. The average molecular weight is 480 g/mol. The zero-order valence-corrected chi connectivity index (χ0v) is 19.3. The molecule has 0 aliphatic heterocycles. The van der Waals surface area contributed by atoms with Gasteiger partial charge in [-0.15, -0.1) is 0 Å². The maximum absolute atomic E-state index is 14.7. The van der Waals surface area contributed by atoms with Gasteiger partial charge in [-0.2, -0.15) is 13.2 Å². The summed E-state index contributed by atoms with van der Waals surface area (Å²) in [6.45, 7) is 0. The van der Waals surface area contributed by atoms with Gasteiger partial charge in [0, 0.05) is 21.7 Å². The highest BCUT2D eigenvalue weighted by Gasteiger charge is 2.37. The normalized spacial score (nSPS) is 11.9. The van der Waals surface area contributed by atoms with E-state index in [1.807, 2.05) is 84.9 Å². The fourth-order valence-electron chi connectivity index (χ4n) is 5.07. The van der Waals surface area contributed by atoms with Crippen LogP contribution in [0.4, 0.5) is 13.2 Å². The molecule has 5 heteroatoms. The number of fused-ring (bicyclic) bond motifs is 5. The number of nitrogens with zero attached hydrogens (tertiary/aromatic N) is 1. The molecule has 0 radical (unpaired) electrons. The number of alkyl halides is 3. The predicted octanol–water partition coefficient (Wildman–Crippen LogP) is 8.90. The largest absolute Gasteiger partial charge is 0.497 e. The summed E-state index contributed by atoms with van der Waals surface area (Å²) in [5.74, 6) is 0.558. The summed E-state index contributed by atoms with van der Waals surface area (Å²) in [5.41, 5.74) is 2.18. The molecular weight excluding hydrogens is 459 g/mol. The molecule has 0 amide bonds. The van der Waals surface area contributed by atoms with Crippen LogP contribution in [0.25, 0.3) is 54.7 Å². The number of hydrogen-bond acceptors (Lipinski definition) is 2. The van der Waals surface area contributed by atoms with E-state index >= 15 is 0 Å². The van der Waals surface area contributed by atoms with Gasteiger partial charge < -0.3 is 4.74 Å². The molecule has 0 N–H and O–H groups in total. The SMILES string of the molecule is COc1ccc2nc(C(F)(F)F)c3c(-c4ccccc4)c(-c4ccccc4)c4ccccc4c3c2c1. The molecular formula is C31H20F3NO. The molecule has 2 nitrogen and oxygen atoms in total. The first-order valence-electron chi connectivity index (χ1n) is 11.5. The zero-order valence-electron chi connectivity index (χ0n) is 19.3. The molecule has 6 aromatic rings. The van der Waals surface area contributed by atoms with Gasteiger partial charge in [0.15, 0.2) is 5.69 Å². The van der Waals surface area contributed by atoms with Crippen LogP contribution in [0.3, 0.4) is 0 Å². The quantitative estimate of drug-likeness (QED) is 0.236. The van der Waals surface area contributed by atoms with Gasteiger partial charge in [-0.1, -0.05) is 84.9 Å². The van der Waals surface area contributed by atoms with E-state index in [0.717, 1.165) is 21.9 Å². The molecule has 0 bridgehead atoms. The minimum absolute atomic E-state index is 0.0898. The van der Waals surface area contributed by atoms with Gasteiger partial charge >= 0.3 is 6.18 Å². The zero-order chi connectivity index (χ0) is 24.9. The summed E-state index contributed by atoms with van der Waals surface area (Å²) in [5, 5.41) is 2.83. The van der Waals surface area contributed by atoms with Gasteiger partial charge in [0.05, 0.1) is 12.6 Å². The smallest absolute Gasteiger partial charge is 0.434 e. The first-order valence-corrected chi connectivity index (χ1v) is 11.5. The number of hydrogen-bond donors (Lipinski definition) is 0. The van der Waals surface area contributed by atoms with Crippen LogP contribution in [0.5, 0.6) is 5.75 Å². The van der Waals surface area contributed by atoms with Crippen molar-refractivity contribution in [3.8, 4) is 28.0 Å². The van der Waals surface area contributed by atoms with Gasteiger partial charge in [0.25, 0.3) is 0 Å².